The van der Waals surface area contributed by atoms with Crippen molar-refractivity contribution in [2.24, 2.45) is 0 Å². The molecule has 2 aliphatic rings. The molecule has 1 N–H and O–H groups in total. The molecule has 2 aliphatic heterocycles. The zero-order valence-corrected chi connectivity index (χ0v) is 15.9. The van der Waals surface area contributed by atoms with Gasteiger partial charge in [0.05, 0.1) is 19.9 Å². The maximum atomic E-state index is 11.1. The summed E-state index contributed by atoms with van der Waals surface area (Å²) in [6, 6.07) is 7.01. The van der Waals surface area contributed by atoms with Crippen molar-refractivity contribution in [1.29, 1.82) is 0 Å². The van der Waals surface area contributed by atoms with Gasteiger partial charge in [0.15, 0.2) is 0 Å². The first-order valence-corrected chi connectivity index (χ1v) is 10.0. The van der Waals surface area contributed by atoms with E-state index in [1.54, 1.807) is 0 Å². The number of ether oxygens (including phenoxy) is 1. The minimum atomic E-state index is 0.120. The number of likely N-dealkylation sites (tertiary alicyclic amines) is 1. The van der Waals surface area contributed by atoms with Crippen LogP contribution in [0.5, 0.6) is 5.75 Å². The first-order chi connectivity index (χ1) is 12.7. The lowest BCUT2D eigenvalue weighted by atomic mass is 9.93. The molecule has 1 fully saturated rings. The molecule has 0 aliphatic carbocycles. The summed E-state index contributed by atoms with van der Waals surface area (Å²) in [5.74, 6) is 1.51. The van der Waals surface area contributed by atoms with Crippen molar-refractivity contribution in [3.8, 4) is 5.75 Å². The van der Waals surface area contributed by atoms with Crippen LogP contribution in [0, 0.1) is 0 Å². The zero-order valence-electron chi connectivity index (χ0n) is 15.9. The summed E-state index contributed by atoms with van der Waals surface area (Å²) in [6.45, 7) is 6.36. The number of carbonyl (C=O) groups is 1. The molecule has 1 aromatic carbocycles. The number of unbranched alkanes of at least 4 members (excludes halogenated alkanes) is 1. The first kappa shape index (κ1) is 19.3. The summed E-state index contributed by atoms with van der Waals surface area (Å²) in [5, 5.41) is 9.56. The third-order valence-electron chi connectivity index (χ3n) is 5.83. The van der Waals surface area contributed by atoms with E-state index < -0.39 is 0 Å². The highest BCUT2D eigenvalue weighted by molar-refractivity contribution is 5.52. The highest BCUT2D eigenvalue weighted by atomic mass is 16.5. The van der Waals surface area contributed by atoms with Gasteiger partial charge in [-0.25, -0.2) is 0 Å². The number of aliphatic hydroxyl groups is 1. The van der Waals surface area contributed by atoms with Gasteiger partial charge in [-0.2, -0.15) is 0 Å². The number of benzene rings is 1. The molecule has 2 atom stereocenters. The van der Waals surface area contributed by atoms with Crippen molar-refractivity contribution in [3.05, 3.63) is 29.3 Å². The summed E-state index contributed by atoms with van der Waals surface area (Å²) in [4.78, 5) is 15.6. The summed E-state index contributed by atoms with van der Waals surface area (Å²) in [7, 11) is 0. The summed E-state index contributed by atoms with van der Waals surface area (Å²) in [6.07, 6.45) is 6.36. The Bertz CT molecular complexity index is 593. The minimum Gasteiger partial charge on any atom is -0.493 e. The van der Waals surface area contributed by atoms with Crippen molar-refractivity contribution in [2.75, 3.05) is 39.5 Å². The van der Waals surface area contributed by atoms with Crippen molar-refractivity contribution in [1.82, 2.24) is 9.80 Å². The third-order valence-corrected chi connectivity index (χ3v) is 5.83. The predicted octanol–water partition coefficient (Wildman–Crippen LogP) is 2.42. The van der Waals surface area contributed by atoms with E-state index in [0.29, 0.717) is 18.5 Å². The molecule has 26 heavy (non-hydrogen) atoms. The van der Waals surface area contributed by atoms with Gasteiger partial charge in [-0.3, -0.25) is 9.80 Å². The second kappa shape index (κ2) is 9.49. The lowest BCUT2D eigenvalue weighted by Crippen LogP contribution is -2.35. The largest absolute Gasteiger partial charge is 0.493 e. The predicted molar refractivity (Wildman–Crippen MR) is 103 cm³/mol. The van der Waals surface area contributed by atoms with Gasteiger partial charge in [-0.15, -0.1) is 0 Å². The molecule has 5 nitrogen and oxygen atoms in total. The van der Waals surface area contributed by atoms with Gasteiger partial charge in [0, 0.05) is 32.1 Å². The molecule has 0 radical (unpaired) electrons. The molecule has 3 rings (SSSR count). The number of hydrogen-bond acceptors (Lipinski definition) is 5. The van der Waals surface area contributed by atoms with Crippen LogP contribution in [0.2, 0.25) is 0 Å². The van der Waals surface area contributed by atoms with Crippen LogP contribution in [-0.2, 0) is 11.2 Å². The highest BCUT2D eigenvalue weighted by Crippen LogP contribution is 2.36. The van der Waals surface area contributed by atoms with E-state index in [2.05, 4.69) is 34.9 Å². The Morgan fingerprint density at radius 1 is 1.38 bits per heavy atom. The standard InChI is InChI=1S/C21H32N2O3/c1-2-3-8-22(16-25)9-6-20-14-19(15-23(20)10-11-24)17-4-5-21-18(13-17)7-12-26-21/h4-5,11,13,19-20,25H,2-3,6-10,12,14-16H2,1H3. The van der Waals surface area contributed by atoms with Gasteiger partial charge < -0.3 is 14.6 Å². The molecular weight excluding hydrogens is 328 g/mol. The van der Waals surface area contributed by atoms with Crippen LogP contribution in [0.3, 0.4) is 0 Å². The molecule has 0 bridgehead atoms. The van der Waals surface area contributed by atoms with E-state index >= 15 is 0 Å². The van der Waals surface area contributed by atoms with Gasteiger partial charge in [0.25, 0.3) is 0 Å². The van der Waals surface area contributed by atoms with Crippen LogP contribution in [0.15, 0.2) is 18.2 Å². The molecule has 0 saturated carbocycles. The van der Waals surface area contributed by atoms with E-state index in [4.69, 9.17) is 4.74 Å². The van der Waals surface area contributed by atoms with Gasteiger partial charge >= 0.3 is 0 Å². The van der Waals surface area contributed by atoms with Crippen molar-refractivity contribution < 1.29 is 14.6 Å². The minimum absolute atomic E-state index is 0.120. The number of fused-ring (bicyclic) bond motifs is 1. The fraction of sp³-hybridized carbons (Fsp3) is 0.667. The molecule has 0 amide bonds. The lowest BCUT2D eigenvalue weighted by Gasteiger charge is -2.25. The normalized spacial score (nSPS) is 22.6. The van der Waals surface area contributed by atoms with Gasteiger partial charge in [-0.05, 0) is 42.4 Å². The second-order valence-electron chi connectivity index (χ2n) is 7.57. The van der Waals surface area contributed by atoms with Crippen LogP contribution in [0.25, 0.3) is 0 Å². The van der Waals surface area contributed by atoms with E-state index in [1.165, 1.54) is 11.1 Å². The fourth-order valence-electron chi connectivity index (χ4n) is 4.27. The van der Waals surface area contributed by atoms with Crippen LogP contribution < -0.4 is 4.74 Å². The third kappa shape index (κ3) is 4.64. The topological polar surface area (TPSA) is 53.0 Å². The van der Waals surface area contributed by atoms with Gasteiger partial charge in [0.2, 0.25) is 0 Å². The number of rotatable bonds is 10. The van der Waals surface area contributed by atoms with Crippen LogP contribution >= 0.6 is 0 Å². The smallest absolute Gasteiger partial charge is 0.133 e. The van der Waals surface area contributed by atoms with Crippen LogP contribution in [-0.4, -0.2) is 66.8 Å². The summed E-state index contributed by atoms with van der Waals surface area (Å²) < 4.78 is 5.62. The molecule has 2 unspecified atom stereocenters. The number of aliphatic hydroxyl groups excluding tert-OH is 1. The summed E-state index contributed by atoms with van der Waals surface area (Å²) in [5.41, 5.74) is 2.69. The van der Waals surface area contributed by atoms with E-state index in [9.17, 15) is 9.90 Å². The zero-order chi connectivity index (χ0) is 18.4. The molecule has 144 valence electrons. The van der Waals surface area contributed by atoms with Crippen LogP contribution in [0.4, 0.5) is 0 Å². The van der Waals surface area contributed by atoms with Crippen molar-refractivity contribution in [3.63, 3.8) is 0 Å². The first-order valence-electron chi connectivity index (χ1n) is 10.0. The quantitative estimate of drug-likeness (QED) is 0.513. The van der Waals surface area contributed by atoms with Gasteiger partial charge in [0.1, 0.15) is 12.0 Å². The SMILES string of the molecule is CCCCN(CO)CCC1CC(c2ccc3c(c2)CCO3)CN1CC=O. The Kier molecular flexibility index (Phi) is 7.06. The highest BCUT2D eigenvalue weighted by Gasteiger charge is 2.33. The second-order valence-corrected chi connectivity index (χ2v) is 7.57. The molecule has 0 aromatic heterocycles. The number of hydrogen-bond donors (Lipinski definition) is 1. The average Bonchev–Trinajstić information content (AvgIpc) is 3.28. The lowest BCUT2D eigenvalue weighted by molar-refractivity contribution is -0.109. The molecule has 5 heteroatoms. The maximum Gasteiger partial charge on any atom is 0.133 e. The Hall–Kier alpha value is -1.43. The molecular formula is C21H32N2O3. The Morgan fingerprint density at radius 2 is 2.27 bits per heavy atom. The molecule has 1 aromatic rings. The van der Waals surface area contributed by atoms with E-state index in [-0.39, 0.29) is 6.73 Å². The van der Waals surface area contributed by atoms with Crippen LogP contribution in [0.1, 0.15) is 49.7 Å². The van der Waals surface area contributed by atoms with Crippen molar-refractivity contribution in [2.45, 2.75) is 51.0 Å². The summed E-state index contributed by atoms with van der Waals surface area (Å²) >= 11 is 0. The Balaban J connectivity index is 1.61. The molecule has 1 saturated heterocycles. The van der Waals surface area contributed by atoms with Gasteiger partial charge in [-0.1, -0.05) is 25.5 Å². The molecule has 2 heterocycles. The van der Waals surface area contributed by atoms with E-state index in [0.717, 1.165) is 70.4 Å². The number of nitrogens with zero attached hydrogens (tertiary/aromatic N) is 2. The Labute approximate surface area is 156 Å². The number of carbonyl (C=O) groups excluding carboxylic acids is 1. The van der Waals surface area contributed by atoms with E-state index in [1.807, 2.05) is 0 Å². The number of aldehydes is 1. The monoisotopic (exact) mass is 360 g/mol. The molecule has 0 spiro atoms. The fourth-order valence-corrected chi connectivity index (χ4v) is 4.27. The van der Waals surface area contributed by atoms with Crippen molar-refractivity contribution >= 4 is 6.29 Å². The Morgan fingerprint density at radius 3 is 3.04 bits per heavy atom. The average molecular weight is 360 g/mol. The maximum absolute atomic E-state index is 11.1.